The van der Waals surface area contributed by atoms with Gasteiger partial charge in [-0.25, -0.2) is 0 Å². The molecule has 0 unspecified atom stereocenters. The Kier molecular flexibility index (Phi) is 3.20. The van der Waals surface area contributed by atoms with Crippen molar-refractivity contribution in [3.05, 3.63) is 59.2 Å². The van der Waals surface area contributed by atoms with Crippen molar-refractivity contribution in [3.8, 4) is 0 Å². The first-order valence-electron chi connectivity index (χ1n) is 6.32. The summed E-state index contributed by atoms with van der Waals surface area (Å²) in [5.74, 6) is 0. The molecule has 3 aromatic rings. The van der Waals surface area contributed by atoms with E-state index in [4.69, 9.17) is 17.3 Å². The zero-order valence-corrected chi connectivity index (χ0v) is 11.8. The lowest BCUT2D eigenvalue weighted by Crippen LogP contribution is -1.99. The average Bonchev–Trinajstić information content (AvgIpc) is 2.45. The zero-order chi connectivity index (χ0) is 14.1. The minimum absolute atomic E-state index is 0.676. The molecule has 3 nitrogen and oxygen atoms in total. The minimum Gasteiger partial charge on any atom is -0.396 e. The molecule has 4 heteroatoms. The van der Waals surface area contributed by atoms with E-state index in [2.05, 4.69) is 10.3 Å². The SMILES string of the molecule is Cc1cccc(Cl)c1Nc1ccc2ncccc2c1N. The number of nitrogen functional groups attached to an aromatic ring is 1. The smallest absolute Gasteiger partial charge is 0.0724 e. The average molecular weight is 284 g/mol. The molecule has 3 rings (SSSR count). The van der Waals surface area contributed by atoms with Crippen LogP contribution in [0.2, 0.25) is 5.02 Å². The molecule has 1 aromatic heterocycles. The van der Waals surface area contributed by atoms with E-state index in [1.807, 2.05) is 49.4 Å². The van der Waals surface area contributed by atoms with Crippen LogP contribution in [-0.4, -0.2) is 4.98 Å². The number of hydrogen-bond donors (Lipinski definition) is 2. The number of halogens is 1. The molecule has 0 atom stereocenters. The second-order valence-electron chi connectivity index (χ2n) is 4.65. The summed E-state index contributed by atoms with van der Waals surface area (Å²) in [7, 11) is 0. The molecule has 0 aliphatic rings. The summed E-state index contributed by atoms with van der Waals surface area (Å²) in [6.07, 6.45) is 1.76. The van der Waals surface area contributed by atoms with Crippen LogP contribution >= 0.6 is 11.6 Å². The van der Waals surface area contributed by atoms with Gasteiger partial charge in [0.25, 0.3) is 0 Å². The van der Waals surface area contributed by atoms with E-state index >= 15 is 0 Å². The van der Waals surface area contributed by atoms with Gasteiger partial charge in [0.05, 0.1) is 27.6 Å². The highest BCUT2D eigenvalue weighted by molar-refractivity contribution is 6.33. The quantitative estimate of drug-likeness (QED) is 0.680. The molecule has 0 amide bonds. The van der Waals surface area contributed by atoms with E-state index in [-0.39, 0.29) is 0 Å². The fourth-order valence-electron chi connectivity index (χ4n) is 2.21. The second kappa shape index (κ2) is 5.02. The number of nitrogens with one attached hydrogen (secondary N) is 1. The van der Waals surface area contributed by atoms with Crippen LogP contribution in [0.1, 0.15) is 5.56 Å². The second-order valence-corrected chi connectivity index (χ2v) is 5.06. The first-order chi connectivity index (χ1) is 9.66. The van der Waals surface area contributed by atoms with Gasteiger partial charge in [-0.1, -0.05) is 23.7 Å². The molecule has 0 aliphatic carbocycles. The summed E-state index contributed by atoms with van der Waals surface area (Å²) in [6, 6.07) is 13.5. The molecule has 0 spiro atoms. The third kappa shape index (κ3) is 2.17. The Balaban J connectivity index is 2.10. The van der Waals surface area contributed by atoms with E-state index < -0.39 is 0 Å². The first kappa shape index (κ1) is 12.8. The highest BCUT2D eigenvalue weighted by Crippen LogP contribution is 2.33. The van der Waals surface area contributed by atoms with Gasteiger partial charge in [0, 0.05) is 11.6 Å². The van der Waals surface area contributed by atoms with Crippen LogP contribution in [-0.2, 0) is 0 Å². The Hall–Kier alpha value is -2.26. The molecule has 0 fully saturated rings. The predicted octanol–water partition coefficient (Wildman–Crippen LogP) is 4.52. The highest BCUT2D eigenvalue weighted by atomic mass is 35.5. The van der Waals surface area contributed by atoms with Gasteiger partial charge < -0.3 is 11.1 Å². The molecule has 1 heterocycles. The lowest BCUT2D eigenvalue weighted by molar-refractivity contribution is 1.40. The monoisotopic (exact) mass is 283 g/mol. The molecule has 0 saturated heterocycles. The van der Waals surface area contributed by atoms with Crippen molar-refractivity contribution in [3.63, 3.8) is 0 Å². The molecule has 0 saturated carbocycles. The minimum atomic E-state index is 0.676. The lowest BCUT2D eigenvalue weighted by atomic mass is 10.1. The summed E-state index contributed by atoms with van der Waals surface area (Å²) < 4.78 is 0. The Bertz CT molecular complexity index is 764. The number of para-hydroxylation sites is 1. The maximum absolute atomic E-state index is 6.23. The van der Waals surface area contributed by atoms with E-state index in [9.17, 15) is 0 Å². The van der Waals surface area contributed by atoms with Crippen LogP contribution in [0.5, 0.6) is 0 Å². The van der Waals surface area contributed by atoms with Crippen molar-refractivity contribution in [1.82, 2.24) is 4.98 Å². The number of rotatable bonds is 2. The largest absolute Gasteiger partial charge is 0.396 e. The predicted molar refractivity (Wildman–Crippen MR) is 85.6 cm³/mol. The van der Waals surface area contributed by atoms with Crippen molar-refractivity contribution in [2.24, 2.45) is 0 Å². The maximum Gasteiger partial charge on any atom is 0.0724 e. The first-order valence-corrected chi connectivity index (χ1v) is 6.70. The third-order valence-corrected chi connectivity index (χ3v) is 3.62. The van der Waals surface area contributed by atoms with E-state index in [0.717, 1.165) is 27.8 Å². The number of nitrogens with two attached hydrogens (primary N) is 1. The highest BCUT2D eigenvalue weighted by Gasteiger charge is 2.08. The van der Waals surface area contributed by atoms with Gasteiger partial charge in [0.2, 0.25) is 0 Å². The van der Waals surface area contributed by atoms with E-state index in [1.165, 1.54) is 0 Å². The number of aryl methyl sites for hydroxylation is 1. The normalized spacial score (nSPS) is 10.7. The number of anilines is 3. The van der Waals surface area contributed by atoms with Gasteiger partial charge in [0.1, 0.15) is 0 Å². The van der Waals surface area contributed by atoms with Crippen molar-refractivity contribution >= 4 is 39.6 Å². The van der Waals surface area contributed by atoms with Crippen LogP contribution in [0.25, 0.3) is 10.9 Å². The van der Waals surface area contributed by atoms with Gasteiger partial charge in [0.15, 0.2) is 0 Å². The van der Waals surface area contributed by atoms with Crippen LogP contribution in [0, 0.1) is 6.92 Å². The molecule has 3 N–H and O–H groups in total. The number of fused-ring (bicyclic) bond motifs is 1. The van der Waals surface area contributed by atoms with Crippen molar-refractivity contribution in [2.75, 3.05) is 11.1 Å². The number of nitrogens with zero attached hydrogens (tertiary/aromatic N) is 1. The number of aromatic nitrogens is 1. The van der Waals surface area contributed by atoms with Crippen molar-refractivity contribution in [2.45, 2.75) is 6.92 Å². The lowest BCUT2D eigenvalue weighted by Gasteiger charge is -2.14. The molecule has 100 valence electrons. The zero-order valence-electron chi connectivity index (χ0n) is 11.0. The Labute approximate surface area is 122 Å². The van der Waals surface area contributed by atoms with Crippen LogP contribution in [0.4, 0.5) is 17.1 Å². The van der Waals surface area contributed by atoms with Crippen LogP contribution in [0.3, 0.4) is 0 Å². The van der Waals surface area contributed by atoms with Crippen LogP contribution in [0.15, 0.2) is 48.7 Å². The number of pyridine rings is 1. The van der Waals surface area contributed by atoms with E-state index in [0.29, 0.717) is 10.7 Å². The summed E-state index contributed by atoms with van der Waals surface area (Å²) in [6.45, 7) is 2.01. The van der Waals surface area contributed by atoms with Gasteiger partial charge in [-0.15, -0.1) is 0 Å². The van der Waals surface area contributed by atoms with E-state index in [1.54, 1.807) is 6.20 Å². The summed E-state index contributed by atoms with van der Waals surface area (Å²) in [5, 5.41) is 4.93. The summed E-state index contributed by atoms with van der Waals surface area (Å²) in [4.78, 5) is 4.29. The molecule has 0 bridgehead atoms. The van der Waals surface area contributed by atoms with Gasteiger partial charge in [-0.2, -0.15) is 0 Å². The van der Waals surface area contributed by atoms with Gasteiger partial charge >= 0.3 is 0 Å². The third-order valence-electron chi connectivity index (χ3n) is 3.31. The fourth-order valence-corrected chi connectivity index (χ4v) is 2.48. The molecule has 0 radical (unpaired) electrons. The Morgan fingerprint density at radius 1 is 1.10 bits per heavy atom. The summed E-state index contributed by atoms with van der Waals surface area (Å²) in [5.41, 5.74) is 10.6. The topological polar surface area (TPSA) is 50.9 Å². The van der Waals surface area contributed by atoms with Gasteiger partial charge in [-0.05, 0) is 42.8 Å². The van der Waals surface area contributed by atoms with Crippen LogP contribution < -0.4 is 11.1 Å². The molecule has 0 aliphatic heterocycles. The maximum atomic E-state index is 6.23. The molecular formula is C16H14ClN3. The summed E-state index contributed by atoms with van der Waals surface area (Å²) >= 11 is 6.23. The molecule has 2 aromatic carbocycles. The Morgan fingerprint density at radius 2 is 1.95 bits per heavy atom. The molecular weight excluding hydrogens is 270 g/mol. The fraction of sp³-hybridized carbons (Fsp3) is 0.0625. The Morgan fingerprint density at radius 3 is 2.75 bits per heavy atom. The van der Waals surface area contributed by atoms with Crippen molar-refractivity contribution < 1.29 is 0 Å². The number of hydrogen-bond acceptors (Lipinski definition) is 3. The van der Waals surface area contributed by atoms with Crippen molar-refractivity contribution in [1.29, 1.82) is 0 Å². The molecule has 20 heavy (non-hydrogen) atoms. The number of benzene rings is 2. The standard InChI is InChI=1S/C16H14ClN3/c1-10-4-2-6-12(17)16(10)20-14-8-7-13-11(15(14)18)5-3-9-19-13/h2-9,20H,18H2,1H3. The van der Waals surface area contributed by atoms with Gasteiger partial charge in [-0.3, -0.25) is 4.98 Å².